The molecule has 0 saturated carbocycles. The van der Waals surface area contributed by atoms with Crippen molar-refractivity contribution in [2.24, 2.45) is 0 Å². The molecule has 1 heterocycles. The lowest BCUT2D eigenvalue weighted by Gasteiger charge is -2.04. The van der Waals surface area contributed by atoms with E-state index in [4.69, 9.17) is 0 Å². The SMILES string of the molecule is Cc1ccnc(C)[n+]1[O-]. The van der Waals surface area contributed by atoms with Crippen LogP contribution in [0.5, 0.6) is 0 Å². The van der Waals surface area contributed by atoms with E-state index in [1.165, 1.54) is 0 Å². The number of rotatable bonds is 0. The van der Waals surface area contributed by atoms with Gasteiger partial charge < -0.3 is 5.21 Å². The first-order valence-electron chi connectivity index (χ1n) is 2.73. The predicted molar refractivity (Wildman–Crippen MR) is 32.7 cm³/mol. The average molecular weight is 124 g/mol. The molecule has 0 saturated heterocycles. The summed E-state index contributed by atoms with van der Waals surface area (Å²) in [6, 6.07) is 1.68. The van der Waals surface area contributed by atoms with Gasteiger partial charge in [-0.05, 0) is 6.92 Å². The Hall–Kier alpha value is -1.12. The number of aryl methyl sites for hydroxylation is 2. The Kier molecular flexibility index (Phi) is 1.34. The van der Waals surface area contributed by atoms with Crippen LogP contribution in [-0.2, 0) is 0 Å². The third kappa shape index (κ3) is 0.988. The minimum atomic E-state index is 0.495. The molecule has 1 aromatic heterocycles. The largest absolute Gasteiger partial charge is 0.711 e. The normalized spacial score (nSPS) is 9.56. The lowest BCUT2D eigenvalue weighted by atomic mass is 10.4. The van der Waals surface area contributed by atoms with E-state index in [9.17, 15) is 5.21 Å². The highest BCUT2D eigenvalue weighted by Gasteiger charge is 1.98. The predicted octanol–water partition coefficient (Wildman–Crippen LogP) is 0.332. The molecule has 0 aliphatic carbocycles. The fourth-order valence-corrected chi connectivity index (χ4v) is 0.628. The standard InChI is InChI=1S/C6H8N2O/c1-5-3-4-7-6(2)8(5)9/h3-4H,1-2H3. The fourth-order valence-electron chi connectivity index (χ4n) is 0.628. The van der Waals surface area contributed by atoms with Gasteiger partial charge in [-0.15, -0.1) is 0 Å². The second kappa shape index (κ2) is 2.01. The summed E-state index contributed by atoms with van der Waals surface area (Å²) < 4.78 is 0.806. The summed E-state index contributed by atoms with van der Waals surface area (Å²) in [5.74, 6) is 0.495. The van der Waals surface area contributed by atoms with Crippen LogP contribution in [0, 0.1) is 19.1 Å². The molecular weight excluding hydrogens is 116 g/mol. The van der Waals surface area contributed by atoms with Crippen molar-refractivity contribution in [1.82, 2.24) is 4.98 Å². The number of aromatic nitrogens is 2. The molecule has 0 amide bonds. The third-order valence-electron chi connectivity index (χ3n) is 1.19. The highest BCUT2D eigenvalue weighted by Crippen LogP contribution is 1.86. The molecule has 0 aliphatic rings. The molecule has 0 atom stereocenters. The molecule has 1 rings (SSSR count). The summed E-state index contributed by atoms with van der Waals surface area (Å²) in [5, 5.41) is 10.8. The first-order valence-corrected chi connectivity index (χ1v) is 2.73. The quantitative estimate of drug-likeness (QED) is 0.369. The molecule has 0 spiro atoms. The molecule has 0 fully saturated rings. The highest BCUT2D eigenvalue weighted by molar-refractivity contribution is 4.89. The van der Waals surface area contributed by atoms with Crippen LogP contribution in [0.2, 0.25) is 0 Å². The topological polar surface area (TPSA) is 39.8 Å². The Morgan fingerprint density at radius 1 is 1.56 bits per heavy atom. The van der Waals surface area contributed by atoms with Crippen molar-refractivity contribution in [2.45, 2.75) is 13.8 Å². The zero-order valence-electron chi connectivity index (χ0n) is 5.46. The Labute approximate surface area is 53.6 Å². The molecule has 0 radical (unpaired) electrons. The Morgan fingerprint density at radius 3 is 2.67 bits per heavy atom. The van der Waals surface area contributed by atoms with Crippen LogP contribution >= 0.6 is 0 Å². The van der Waals surface area contributed by atoms with Crippen molar-refractivity contribution < 1.29 is 4.73 Å². The molecule has 0 N–H and O–H groups in total. The molecule has 9 heavy (non-hydrogen) atoms. The summed E-state index contributed by atoms with van der Waals surface area (Å²) >= 11 is 0. The van der Waals surface area contributed by atoms with E-state index in [0.29, 0.717) is 11.5 Å². The van der Waals surface area contributed by atoms with Crippen molar-refractivity contribution in [3.05, 3.63) is 29.0 Å². The van der Waals surface area contributed by atoms with Gasteiger partial charge in [-0.25, -0.2) is 4.73 Å². The van der Waals surface area contributed by atoms with Gasteiger partial charge in [-0.2, -0.15) is 0 Å². The molecule has 3 nitrogen and oxygen atoms in total. The van der Waals surface area contributed by atoms with Gasteiger partial charge in [0.05, 0.1) is 0 Å². The second-order valence-corrected chi connectivity index (χ2v) is 1.93. The summed E-state index contributed by atoms with van der Waals surface area (Å²) in [7, 11) is 0. The molecular formula is C6H8N2O. The van der Waals surface area contributed by atoms with Gasteiger partial charge in [0.15, 0.2) is 0 Å². The van der Waals surface area contributed by atoms with E-state index in [2.05, 4.69) is 4.98 Å². The van der Waals surface area contributed by atoms with Crippen LogP contribution < -0.4 is 4.73 Å². The van der Waals surface area contributed by atoms with Gasteiger partial charge in [0.2, 0.25) is 0 Å². The van der Waals surface area contributed by atoms with E-state index in [0.717, 1.165) is 4.73 Å². The zero-order valence-corrected chi connectivity index (χ0v) is 5.46. The lowest BCUT2D eigenvalue weighted by molar-refractivity contribution is -0.622. The average Bonchev–Trinajstić information content (AvgIpc) is 1.83. The van der Waals surface area contributed by atoms with Crippen LogP contribution in [0.4, 0.5) is 0 Å². The van der Waals surface area contributed by atoms with Gasteiger partial charge in [0.1, 0.15) is 11.9 Å². The number of hydrogen-bond donors (Lipinski definition) is 0. The van der Waals surface area contributed by atoms with Crippen LogP contribution in [-0.4, -0.2) is 4.98 Å². The van der Waals surface area contributed by atoms with Crippen LogP contribution in [0.15, 0.2) is 12.3 Å². The Balaban J connectivity index is 3.25. The van der Waals surface area contributed by atoms with Crippen LogP contribution in [0.1, 0.15) is 11.5 Å². The van der Waals surface area contributed by atoms with Gasteiger partial charge in [0, 0.05) is 13.0 Å². The molecule has 0 unspecified atom stereocenters. The zero-order chi connectivity index (χ0) is 6.85. The summed E-state index contributed by atoms with van der Waals surface area (Å²) in [4.78, 5) is 3.79. The maximum absolute atomic E-state index is 10.8. The van der Waals surface area contributed by atoms with Gasteiger partial charge in [-0.1, -0.05) is 4.98 Å². The second-order valence-electron chi connectivity index (χ2n) is 1.93. The van der Waals surface area contributed by atoms with Crippen molar-refractivity contribution >= 4 is 0 Å². The third-order valence-corrected chi connectivity index (χ3v) is 1.19. The summed E-state index contributed by atoms with van der Waals surface area (Å²) in [5.41, 5.74) is 0.683. The number of hydrogen-bond acceptors (Lipinski definition) is 2. The van der Waals surface area contributed by atoms with Gasteiger partial charge in [0.25, 0.3) is 5.82 Å². The van der Waals surface area contributed by atoms with Crippen LogP contribution in [0.25, 0.3) is 0 Å². The minimum absolute atomic E-state index is 0.495. The van der Waals surface area contributed by atoms with Crippen molar-refractivity contribution in [2.75, 3.05) is 0 Å². The monoisotopic (exact) mass is 124 g/mol. The van der Waals surface area contributed by atoms with Crippen LogP contribution in [0.3, 0.4) is 0 Å². The van der Waals surface area contributed by atoms with Crippen molar-refractivity contribution in [3.63, 3.8) is 0 Å². The minimum Gasteiger partial charge on any atom is -0.711 e. The Morgan fingerprint density at radius 2 is 2.22 bits per heavy atom. The van der Waals surface area contributed by atoms with E-state index in [-0.39, 0.29) is 0 Å². The molecule has 3 heteroatoms. The first kappa shape index (κ1) is 6.01. The maximum atomic E-state index is 10.8. The van der Waals surface area contributed by atoms with E-state index >= 15 is 0 Å². The van der Waals surface area contributed by atoms with Crippen molar-refractivity contribution in [1.29, 1.82) is 0 Å². The number of nitrogens with zero attached hydrogens (tertiary/aromatic N) is 2. The molecule has 48 valence electrons. The van der Waals surface area contributed by atoms with Gasteiger partial charge in [-0.3, -0.25) is 0 Å². The molecule has 0 aromatic carbocycles. The molecule has 0 bridgehead atoms. The highest BCUT2D eigenvalue weighted by atomic mass is 16.5. The molecule has 0 aliphatic heterocycles. The maximum Gasteiger partial charge on any atom is 0.298 e. The lowest BCUT2D eigenvalue weighted by Crippen LogP contribution is -2.34. The van der Waals surface area contributed by atoms with E-state index in [1.54, 1.807) is 26.1 Å². The van der Waals surface area contributed by atoms with Gasteiger partial charge >= 0.3 is 0 Å². The molecule has 1 aromatic rings. The summed E-state index contributed by atoms with van der Waals surface area (Å²) in [6.45, 7) is 3.43. The smallest absolute Gasteiger partial charge is 0.298 e. The fraction of sp³-hybridized carbons (Fsp3) is 0.333. The summed E-state index contributed by atoms with van der Waals surface area (Å²) in [6.07, 6.45) is 1.62. The first-order chi connectivity index (χ1) is 4.22. The van der Waals surface area contributed by atoms with E-state index < -0.39 is 0 Å². The Bertz CT molecular complexity index is 202. The van der Waals surface area contributed by atoms with E-state index in [1.807, 2.05) is 0 Å². The van der Waals surface area contributed by atoms with Crippen molar-refractivity contribution in [3.8, 4) is 0 Å².